The largest absolute Gasteiger partial charge is 0.334 e. The van der Waals surface area contributed by atoms with Gasteiger partial charge >= 0.3 is 0 Å². The van der Waals surface area contributed by atoms with E-state index in [0.717, 1.165) is 19.3 Å². The zero-order chi connectivity index (χ0) is 19.5. The first-order valence-corrected chi connectivity index (χ1v) is 9.62. The highest BCUT2D eigenvalue weighted by Gasteiger charge is 2.31. The lowest BCUT2D eigenvalue weighted by molar-refractivity contribution is -0.117. The average Bonchev–Trinajstić information content (AvgIpc) is 2.54. The highest BCUT2D eigenvalue weighted by atomic mass is 35.5. The van der Waals surface area contributed by atoms with E-state index in [1.165, 1.54) is 0 Å². The molecular weight excluding hydrogens is 385 g/mol. The Morgan fingerprint density at radius 3 is 2.59 bits per heavy atom. The number of piperidine rings is 1. The summed E-state index contributed by atoms with van der Waals surface area (Å²) in [5.41, 5.74) is 6.97. The molecule has 2 amide bonds. The number of nitrogens with two attached hydrogens (primary N) is 1. The number of halogens is 2. The summed E-state index contributed by atoms with van der Waals surface area (Å²) in [4.78, 5) is 27.1. The number of amides is 2. The van der Waals surface area contributed by atoms with Gasteiger partial charge in [0, 0.05) is 30.7 Å². The van der Waals surface area contributed by atoms with Crippen LogP contribution >= 0.6 is 24.0 Å². The molecule has 1 aromatic carbocycles. The first-order valence-electron chi connectivity index (χ1n) is 9.24. The van der Waals surface area contributed by atoms with E-state index in [2.05, 4.69) is 5.32 Å². The molecule has 0 saturated carbocycles. The lowest BCUT2D eigenvalue weighted by Crippen LogP contribution is -2.51. The van der Waals surface area contributed by atoms with E-state index in [4.69, 9.17) is 17.3 Å². The fraction of sp³-hybridized carbons (Fsp3) is 0.600. The summed E-state index contributed by atoms with van der Waals surface area (Å²) in [5, 5.41) is 3.25. The molecule has 1 aliphatic heterocycles. The number of nitrogens with one attached hydrogen (secondary N) is 1. The smallest absolute Gasteiger partial charge is 0.255 e. The van der Waals surface area contributed by atoms with Gasteiger partial charge in [-0.25, -0.2) is 0 Å². The van der Waals surface area contributed by atoms with E-state index < -0.39 is 0 Å². The predicted octanol–water partition coefficient (Wildman–Crippen LogP) is 4.48. The van der Waals surface area contributed by atoms with E-state index in [-0.39, 0.29) is 41.7 Å². The van der Waals surface area contributed by atoms with Crippen LogP contribution in [0.2, 0.25) is 5.02 Å². The molecule has 2 rings (SSSR count). The number of hydrogen-bond acceptors (Lipinski definition) is 3. The number of carbonyl (C=O) groups is 2. The van der Waals surface area contributed by atoms with Crippen molar-refractivity contribution in [1.82, 2.24) is 4.90 Å². The molecule has 1 fully saturated rings. The van der Waals surface area contributed by atoms with E-state index in [9.17, 15) is 9.59 Å². The van der Waals surface area contributed by atoms with Crippen molar-refractivity contribution in [2.45, 2.75) is 65.5 Å². The summed E-state index contributed by atoms with van der Waals surface area (Å²) in [6.45, 7) is 8.64. The zero-order valence-corrected chi connectivity index (χ0v) is 18.1. The van der Waals surface area contributed by atoms with E-state index in [1.54, 1.807) is 18.2 Å². The lowest BCUT2D eigenvalue weighted by Gasteiger charge is -2.38. The SMILES string of the molecule is CC(N)C1CCCCN1C(=O)c1cc(NC(=O)CC(C)(C)C)ccc1Cl.Cl. The van der Waals surface area contributed by atoms with Gasteiger partial charge in [-0.15, -0.1) is 12.4 Å². The van der Waals surface area contributed by atoms with Gasteiger partial charge in [0.2, 0.25) is 5.91 Å². The maximum absolute atomic E-state index is 13.1. The van der Waals surface area contributed by atoms with E-state index >= 15 is 0 Å². The van der Waals surface area contributed by atoms with Crippen molar-refractivity contribution in [2.24, 2.45) is 11.1 Å². The van der Waals surface area contributed by atoms with Crippen molar-refractivity contribution in [3.63, 3.8) is 0 Å². The van der Waals surface area contributed by atoms with Gasteiger partial charge in [0.15, 0.2) is 0 Å². The maximum atomic E-state index is 13.1. The second-order valence-electron chi connectivity index (χ2n) is 8.40. The molecule has 1 aromatic rings. The summed E-state index contributed by atoms with van der Waals surface area (Å²) >= 11 is 6.29. The van der Waals surface area contributed by atoms with Crippen LogP contribution in [0.5, 0.6) is 0 Å². The number of likely N-dealkylation sites (tertiary alicyclic amines) is 1. The average molecular weight is 416 g/mol. The molecule has 0 radical (unpaired) electrons. The third-order valence-electron chi connectivity index (χ3n) is 4.59. The Bertz CT molecular complexity index is 672. The van der Waals surface area contributed by atoms with Gasteiger partial charge in [-0.1, -0.05) is 32.4 Å². The normalized spacial score (nSPS) is 18.4. The first-order chi connectivity index (χ1) is 12.1. The van der Waals surface area contributed by atoms with Gasteiger partial charge < -0.3 is 16.0 Å². The fourth-order valence-electron chi connectivity index (χ4n) is 3.36. The molecule has 5 nitrogen and oxygen atoms in total. The minimum Gasteiger partial charge on any atom is -0.334 e. The molecular formula is C20H31Cl2N3O2. The third kappa shape index (κ3) is 6.66. The van der Waals surface area contributed by atoms with Crippen LogP contribution in [0.15, 0.2) is 18.2 Å². The number of anilines is 1. The topological polar surface area (TPSA) is 75.4 Å². The molecule has 152 valence electrons. The number of rotatable bonds is 4. The Morgan fingerprint density at radius 1 is 1.33 bits per heavy atom. The Kier molecular flexibility index (Phi) is 8.58. The molecule has 3 N–H and O–H groups in total. The quantitative estimate of drug-likeness (QED) is 0.760. The molecule has 7 heteroatoms. The van der Waals surface area contributed by atoms with Crippen molar-refractivity contribution >= 4 is 41.5 Å². The van der Waals surface area contributed by atoms with Gasteiger partial charge in [-0.05, 0) is 49.8 Å². The minimum atomic E-state index is -0.121. The van der Waals surface area contributed by atoms with Crippen LogP contribution in [-0.2, 0) is 4.79 Å². The van der Waals surface area contributed by atoms with Crippen molar-refractivity contribution in [3.8, 4) is 0 Å². The van der Waals surface area contributed by atoms with Crippen molar-refractivity contribution in [1.29, 1.82) is 0 Å². The molecule has 0 aliphatic carbocycles. The Morgan fingerprint density at radius 2 is 2.00 bits per heavy atom. The fourth-order valence-corrected chi connectivity index (χ4v) is 3.56. The minimum absolute atomic E-state index is 0. The highest BCUT2D eigenvalue weighted by Crippen LogP contribution is 2.27. The van der Waals surface area contributed by atoms with E-state index in [1.807, 2.05) is 32.6 Å². The summed E-state index contributed by atoms with van der Waals surface area (Å²) in [6.07, 6.45) is 3.35. The maximum Gasteiger partial charge on any atom is 0.255 e. The Labute approximate surface area is 173 Å². The summed E-state index contributed by atoms with van der Waals surface area (Å²) in [7, 11) is 0. The second-order valence-corrected chi connectivity index (χ2v) is 8.81. The van der Waals surface area contributed by atoms with Crippen molar-refractivity contribution in [3.05, 3.63) is 28.8 Å². The van der Waals surface area contributed by atoms with Crippen LogP contribution in [-0.4, -0.2) is 35.3 Å². The van der Waals surface area contributed by atoms with Gasteiger partial charge in [-0.3, -0.25) is 9.59 Å². The summed E-state index contributed by atoms with van der Waals surface area (Å²) in [6, 6.07) is 4.97. The van der Waals surface area contributed by atoms with Gasteiger partial charge in [-0.2, -0.15) is 0 Å². The zero-order valence-electron chi connectivity index (χ0n) is 16.5. The first kappa shape index (κ1) is 23.7. The number of carbonyl (C=O) groups excluding carboxylic acids is 2. The van der Waals surface area contributed by atoms with Crippen LogP contribution < -0.4 is 11.1 Å². The highest BCUT2D eigenvalue weighted by molar-refractivity contribution is 6.34. The van der Waals surface area contributed by atoms with Gasteiger partial charge in [0.1, 0.15) is 0 Å². The summed E-state index contributed by atoms with van der Waals surface area (Å²) < 4.78 is 0. The van der Waals surface area contributed by atoms with E-state index in [0.29, 0.717) is 29.2 Å². The number of benzene rings is 1. The number of nitrogens with zero attached hydrogens (tertiary/aromatic N) is 1. The lowest BCUT2D eigenvalue weighted by atomic mass is 9.92. The molecule has 1 heterocycles. The Balaban J connectivity index is 0.00000364. The van der Waals surface area contributed by atoms with Gasteiger partial charge in [0.25, 0.3) is 5.91 Å². The second kappa shape index (κ2) is 9.76. The predicted molar refractivity (Wildman–Crippen MR) is 114 cm³/mol. The van der Waals surface area contributed by atoms with Crippen LogP contribution in [0, 0.1) is 5.41 Å². The molecule has 0 aromatic heterocycles. The number of hydrogen-bond donors (Lipinski definition) is 2. The van der Waals surface area contributed by atoms with Crippen LogP contribution in [0.1, 0.15) is 63.7 Å². The molecule has 27 heavy (non-hydrogen) atoms. The molecule has 0 bridgehead atoms. The third-order valence-corrected chi connectivity index (χ3v) is 4.92. The molecule has 1 saturated heterocycles. The molecule has 1 aliphatic rings. The summed E-state index contributed by atoms with van der Waals surface area (Å²) in [5.74, 6) is -0.200. The van der Waals surface area contributed by atoms with Crippen molar-refractivity contribution < 1.29 is 9.59 Å². The standard InChI is InChI=1S/C20H30ClN3O2.ClH/c1-13(22)17-7-5-6-10-24(17)19(26)15-11-14(8-9-16(15)21)23-18(25)12-20(2,3)4;/h8-9,11,13,17H,5-7,10,12,22H2,1-4H3,(H,23,25);1H. The molecule has 0 spiro atoms. The monoisotopic (exact) mass is 415 g/mol. The van der Waals surface area contributed by atoms with Crippen LogP contribution in [0.25, 0.3) is 0 Å². The van der Waals surface area contributed by atoms with Gasteiger partial charge in [0.05, 0.1) is 10.6 Å². The molecule has 2 atom stereocenters. The molecule has 2 unspecified atom stereocenters. The van der Waals surface area contributed by atoms with Crippen molar-refractivity contribution in [2.75, 3.05) is 11.9 Å². The Hall–Kier alpha value is -1.30. The van der Waals surface area contributed by atoms with Crippen LogP contribution in [0.4, 0.5) is 5.69 Å². The van der Waals surface area contributed by atoms with Crippen LogP contribution in [0.3, 0.4) is 0 Å².